The topological polar surface area (TPSA) is 104 Å². The number of carbonyl (C=O) groups is 1. The highest BCUT2D eigenvalue weighted by molar-refractivity contribution is 6.31. The van der Waals surface area contributed by atoms with Crippen molar-refractivity contribution in [2.75, 3.05) is 69.0 Å². The number of nitrogens with one attached hydrogen (secondary N) is 3. The summed E-state index contributed by atoms with van der Waals surface area (Å²) in [6.07, 6.45) is 2.76. The van der Waals surface area contributed by atoms with Crippen LogP contribution in [0.2, 0.25) is 5.02 Å². The van der Waals surface area contributed by atoms with Crippen LogP contribution in [0, 0.1) is 0 Å². The number of benzene rings is 1. The van der Waals surface area contributed by atoms with Crippen LogP contribution in [-0.2, 0) is 4.79 Å². The molecule has 2 aromatic rings. The number of methoxy groups -OCH3 is 1. The lowest BCUT2D eigenvalue weighted by Gasteiger charge is -2.35. The Bertz CT molecular complexity index is 1020. The van der Waals surface area contributed by atoms with E-state index in [0.29, 0.717) is 34.0 Å². The highest BCUT2D eigenvalue weighted by Gasteiger charge is 2.23. The molecule has 0 aliphatic carbocycles. The molecule has 1 amide bonds. The molecule has 0 radical (unpaired) electrons. The average Bonchev–Trinajstić information content (AvgIpc) is 2.79. The van der Waals surface area contributed by atoms with Gasteiger partial charge in [0.25, 0.3) is 0 Å². The van der Waals surface area contributed by atoms with Crippen LogP contribution in [0.4, 0.5) is 23.0 Å². The third-order valence-electron chi connectivity index (χ3n) is 5.59. The molecule has 1 aromatic heterocycles. The lowest BCUT2D eigenvalue weighted by atomic mass is 10.1. The van der Waals surface area contributed by atoms with E-state index in [1.165, 1.54) is 12.3 Å². The Balaban J connectivity index is 1.64. The van der Waals surface area contributed by atoms with Crippen LogP contribution in [0.25, 0.3) is 0 Å². The van der Waals surface area contributed by atoms with Crippen LogP contribution < -0.4 is 30.3 Å². The second-order valence-corrected chi connectivity index (χ2v) is 8.33. The Hall–Kier alpha value is -3.08. The summed E-state index contributed by atoms with van der Waals surface area (Å²) in [4.78, 5) is 25.3. The molecule has 3 N–H and O–H groups in total. The molecule has 1 aromatic carbocycles. The summed E-state index contributed by atoms with van der Waals surface area (Å²) < 4.78 is 11.5. The number of aromatic nitrogens is 2. The molecule has 33 heavy (non-hydrogen) atoms. The minimum absolute atomic E-state index is 0.0309. The van der Waals surface area contributed by atoms with E-state index in [-0.39, 0.29) is 12.0 Å². The van der Waals surface area contributed by atoms with Gasteiger partial charge in [0.05, 0.1) is 30.4 Å². The van der Waals surface area contributed by atoms with Gasteiger partial charge in [-0.1, -0.05) is 18.2 Å². The number of amides is 1. The van der Waals surface area contributed by atoms with Gasteiger partial charge in [0.1, 0.15) is 16.9 Å². The van der Waals surface area contributed by atoms with Crippen molar-refractivity contribution in [3.8, 4) is 11.6 Å². The predicted molar refractivity (Wildman–Crippen MR) is 129 cm³/mol. The fourth-order valence-corrected chi connectivity index (χ4v) is 3.68. The van der Waals surface area contributed by atoms with E-state index in [4.69, 9.17) is 21.1 Å². The second-order valence-electron chi connectivity index (χ2n) is 7.92. The van der Waals surface area contributed by atoms with Crippen LogP contribution in [0.1, 0.15) is 0 Å². The SMILES string of the molecule is C=CC(=O)Nc1cc(Nc2ncc(Cl)c(OC3CNC3)n2)c(OC)cc1N1CCN(C)CC1. The van der Waals surface area contributed by atoms with Crippen molar-refractivity contribution in [3.63, 3.8) is 0 Å². The zero-order valence-electron chi connectivity index (χ0n) is 18.7. The van der Waals surface area contributed by atoms with Crippen LogP contribution in [0.15, 0.2) is 31.0 Å². The number of hydrogen-bond donors (Lipinski definition) is 3. The molecule has 0 unspecified atom stereocenters. The van der Waals surface area contributed by atoms with E-state index in [0.717, 1.165) is 45.0 Å². The van der Waals surface area contributed by atoms with Crippen LogP contribution in [-0.4, -0.2) is 80.3 Å². The Morgan fingerprint density at radius 2 is 2.03 bits per heavy atom. The number of ether oxygens (including phenoxy) is 2. The smallest absolute Gasteiger partial charge is 0.247 e. The maximum absolute atomic E-state index is 12.1. The second kappa shape index (κ2) is 10.2. The Kier molecular flexibility index (Phi) is 7.17. The van der Waals surface area contributed by atoms with Crippen molar-refractivity contribution in [1.82, 2.24) is 20.2 Å². The van der Waals surface area contributed by atoms with Gasteiger partial charge in [-0.3, -0.25) is 4.79 Å². The Morgan fingerprint density at radius 1 is 1.27 bits per heavy atom. The number of piperazine rings is 1. The van der Waals surface area contributed by atoms with Gasteiger partial charge in [-0.25, -0.2) is 4.98 Å². The molecule has 11 heteroatoms. The molecule has 2 aliphatic heterocycles. The summed E-state index contributed by atoms with van der Waals surface area (Å²) in [6, 6.07) is 3.71. The molecular formula is C22H28ClN7O3. The van der Waals surface area contributed by atoms with E-state index >= 15 is 0 Å². The standard InChI is InChI=1S/C22H28ClN7O3/c1-4-20(31)26-16-9-17(19(32-3)10-18(16)30-7-5-29(2)6-8-30)27-22-25-13-15(23)21(28-22)33-14-11-24-12-14/h4,9-10,13-14,24H,1,5-8,11-12H2,2-3H3,(H,26,31)(H,25,27,28). The molecular weight excluding hydrogens is 446 g/mol. The van der Waals surface area contributed by atoms with Gasteiger partial charge in [0, 0.05) is 45.3 Å². The third kappa shape index (κ3) is 5.47. The number of rotatable bonds is 8. The number of anilines is 4. The summed E-state index contributed by atoms with van der Waals surface area (Å²) in [5.41, 5.74) is 2.10. The van der Waals surface area contributed by atoms with Gasteiger partial charge in [-0.05, 0) is 19.2 Å². The van der Waals surface area contributed by atoms with Gasteiger partial charge < -0.3 is 35.2 Å². The fraction of sp³-hybridized carbons (Fsp3) is 0.409. The first-order valence-corrected chi connectivity index (χ1v) is 11.1. The maximum Gasteiger partial charge on any atom is 0.247 e. The number of carbonyl (C=O) groups excluding carboxylic acids is 1. The van der Waals surface area contributed by atoms with Gasteiger partial charge in [-0.2, -0.15) is 4.98 Å². The maximum atomic E-state index is 12.1. The molecule has 3 heterocycles. The molecule has 2 aliphatic rings. The first-order valence-electron chi connectivity index (χ1n) is 10.7. The molecule has 0 saturated carbocycles. The molecule has 2 saturated heterocycles. The van der Waals surface area contributed by atoms with Crippen LogP contribution in [0.3, 0.4) is 0 Å². The molecule has 4 rings (SSSR count). The highest BCUT2D eigenvalue weighted by Crippen LogP contribution is 2.39. The first kappa shape index (κ1) is 23.1. The normalized spacial score (nSPS) is 16.6. The zero-order valence-corrected chi connectivity index (χ0v) is 19.5. The quantitative estimate of drug-likeness (QED) is 0.497. The molecule has 176 valence electrons. The number of likely N-dealkylation sites (N-methyl/N-ethyl adjacent to an activating group) is 1. The molecule has 0 atom stereocenters. The third-order valence-corrected chi connectivity index (χ3v) is 5.85. The van der Waals surface area contributed by atoms with Crippen molar-refractivity contribution in [2.45, 2.75) is 6.10 Å². The average molecular weight is 474 g/mol. The van der Waals surface area contributed by atoms with Gasteiger partial charge in [0.2, 0.25) is 17.7 Å². The predicted octanol–water partition coefficient (Wildman–Crippen LogP) is 2.11. The van der Waals surface area contributed by atoms with Crippen molar-refractivity contribution in [1.29, 1.82) is 0 Å². The number of halogens is 1. The monoisotopic (exact) mass is 473 g/mol. The van der Waals surface area contributed by atoms with Crippen molar-refractivity contribution in [2.24, 2.45) is 0 Å². The van der Waals surface area contributed by atoms with E-state index in [9.17, 15) is 4.79 Å². The molecule has 10 nitrogen and oxygen atoms in total. The fourth-order valence-electron chi connectivity index (χ4n) is 3.55. The first-order chi connectivity index (χ1) is 16.0. The number of hydrogen-bond acceptors (Lipinski definition) is 9. The molecule has 2 fully saturated rings. The zero-order chi connectivity index (χ0) is 23.4. The largest absolute Gasteiger partial charge is 0.494 e. The lowest BCUT2D eigenvalue weighted by Crippen LogP contribution is -2.50. The number of nitrogens with zero attached hydrogens (tertiary/aromatic N) is 4. The minimum atomic E-state index is -0.297. The Morgan fingerprint density at radius 3 is 2.67 bits per heavy atom. The summed E-state index contributed by atoms with van der Waals surface area (Å²) >= 11 is 6.21. The van der Waals surface area contributed by atoms with E-state index in [1.54, 1.807) is 7.11 Å². The summed E-state index contributed by atoms with van der Waals surface area (Å²) in [7, 11) is 3.69. The summed E-state index contributed by atoms with van der Waals surface area (Å²) in [5, 5.41) is 9.55. The van der Waals surface area contributed by atoms with E-state index < -0.39 is 0 Å². The minimum Gasteiger partial charge on any atom is -0.494 e. The van der Waals surface area contributed by atoms with Gasteiger partial charge in [0.15, 0.2) is 0 Å². The highest BCUT2D eigenvalue weighted by atomic mass is 35.5. The van der Waals surface area contributed by atoms with Crippen molar-refractivity contribution < 1.29 is 14.3 Å². The molecule has 0 bridgehead atoms. The van der Waals surface area contributed by atoms with Crippen molar-refractivity contribution >= 4 is 40.5 Å². The van der Waals surface area contributed by atoms with Crippen molar-refractivity contribution in [3.05, 3.63) is 36.0 Å². The van der Waals surface area contributed by atoms with Crippen LogP contribution in [0.5, 0.6) is 11.6 Å². The van der Waals surface area contributed by atoms with Gasteiger partial charge in [-0.15, -0.1) is 0 Å². The molecule has 0 spiro atoms. The summed E-state index contributed by atoms with van der Waals surface area (Å²) in [6.45, 7) is 8.58. The summed E-state index contributed by atoms with van der Waals surface area (Å²) in [5.74, 6) is 0.904. The lowest BCUT2D eigenvalue weighted by molar-refractivity contribution is -0.111. The Labute approximate surface area is 197 Å². The van der Waals surface area contributed by atoms with E-state index in [2.05, 4.69) is 49.3 Å². The van der Waals surface area contributed by atoms with Crippen LogP contribution >= 0.6 is 11.6 Å². The van der Waals surface area contributed by atoms with E-state index in [1.807, 2.05) is 12.1 Å². The van der Waals surface area contributed by atoms with Gasteiger partial charge >= 0.3 is 0 Å².